The van der Waals surface area contributed by atoms with Crippen molar-refractivity contribution in [3.05, 3.63) is 34.6 Å². The third kappa shape index (κ3) is 6.95. The van der Waals surface area contributed by atoms with E-state index < -0.39 is 0 Å². The molecule has 0 radical (unpaired) electrons. The second-order valence-corrected chi connectivity index (χ2v) is 8.15. The van der Waals surface area contributed by atoms with Crippen LogP contribution in [0.15, 0.2) is 39.6 Å². The van der Waals surface area contributed by atoms with Gasteiger partial charge in [0.25, 0.3) is 0 Å². The number of allylic oxidation sites excluding steroid dienone is 3. The van der Waals surface area contributed by atoms with Crippen molar-refractivity contribution in [3.63, 3.8) is 0 Å². The molecule has 0 heterocycles. The second-order valence-electron chi connectivity index (χ2n) is 8.15. The highest BCUT2D eigenvalue weighted by molar-refractivity contribution is 5.99. The minimum absolute atomic E-state index is 0.269. The predicted octanol–water partition coefficient (Wildman–Crippen LogP) is 6.67. The SMILES string of the molecule is C=C(C)N=C(OC1CCC(N(C)C)CC1)C(=C(C)C)C1=C(C)CCC1.CC. The van der Waals surface area contributed by atoms with Crippen LogP contribution >= 0.6 is 0 Å². The van der Waals surface area contributed by atoms with Crippen molar-refractivity contribution in [1.29, 1.82) is 0 Å². The first-order valence-corrected chi connectivity index (χ1v) is 10.7. The molecule has 0 saturated heterocycles. The van der Waals surface area contributed by atoms with Crippen molar-refractivity contribution >= 4 is 5.90 Å². The Morgan fingerprint density at radius 1 is 1.04 bits per heavy atom. The number of hydrogen-bond acceptors (Lipinski definition) is 3. The van der Waals surface area contributed by atoms with E-state index in [1.54, 1.807) is 0 Å². The van der Waals surface area contributed by atoms with Crippen LogP contribution in [0.3, 0.4) is 0 Å². The summed E-state index contributed by atoms with van der Waals surface area (Å²) in [5.41, 5.74) is 6.27. The molecular formula is C24H42N2O. The lowest BCUT2D eigenvalue weighted by molar-refractivity contribution is 0.103. The van der Waals surface area contributed by atoms with E-state index in [0.29, 0.717) is 6.04 Å². The van der Waals surface area contributed by atoms with Crippen LogP contribution in [0.5, 0.6) is 0 Å². The number of aliphatic imine (C=N–C) groups is 1. The molecule has 0 atom stereocenters. The Labute approximate surface area is 168 Å². The molecule has 0 aromatic rings. The Morgan fingerprint density at radius 3 is 2.04 bits per heavy atom. The van der Waals surface area contributed by atoms with E-state index in [0.717, 1.165) is 30.9 Å². The fourth-order valence-corrected chi connectivity index (χ4v) is 4.03. The maximum absolute atomic E-state index is 6.49. The molecule has 154 valence electrons. The Kier molecular flexibility index (Phi) is 10.1. The van der Waals surface area contributed by atoms with Crippen molar-refractivity contribution in [1.82, 2.24) is 4.90 Å². The molecule has 0 spiro atoms. The Balaban J connectivity index is 0.00000176. The summed E-state index contributed by atoms with van der Waals surface area (Å²) >= 11 is 0. The maximum atomic E-state index is 6.49. The zero-order valence-electron chi connectivity index (χ0n) is 19.1. The number of nitrogens with zero attached hydrogens (tertiary/aromatic N) is 2. The average Bonchev–Trinajstić information content (AvgIpc) is 3.02. The molecule has 0 bridgehead atoms. The summed E-state index contributed by atoms with van der Waals surface area (Å²) in [4.78, 5) is 7.06. The van der Waals surface area contributed by atoms with E-state index in [2.05, 4.69) is 46.3 Å². The van der Waals surface area contributed by atoms with Gasteiger partial charge in [0.05, 0.1) is 0 Å². The quantitative estimate of drug-likeness (QED) is 0.396. The molecule has 1 fully saturated rings. The largest absolute Gasteiger partial charge is 0.474 e. The van der Waals surface area contributed by atoms with Gasteiger partial charge in [0.15, 0.2) is 0 Å². The van der Waals surface area contributed by atoms with Crippen LogP contribution < -0.4 is 0 Å². The van der Waals surface area contributed by atoms with Gasteiger partial charge in [-0.3, -0.25) is 0 Å². The Bertz CT molecular complexity index is 584. The average molecular weight is 375 g/mol. The first kappa shape index (κ1) is 23.7. The molecule has 0 aliphatic heterocycles. The molecule has 3 heteroatoms. The Morgan fingerprint density at radius 2 is 1.63 bits per heavy atom. The summed E-state index contributed by atoms with van der Waals surface area (Å²) < 4.78 is 6.49. The summed E-state index contributed by atoms with van der Waals surface area (Å²) in [5, 5.41) is 0. The van der Waals surface area contributed by atoms with Gasteiger partial charge in [-0.25, -0.2) is 4.99 Å². The molecule has 27 heavy (non-hydrogen) atoms. The van der Waals surface area contributed by atoms with Crippen LogP contribution in [0.1, 0.15) is 86.5 Å². The molecule has 3 nitrogen and oxygen atoms in total. The third-order valence-corrected chi connectivity index (χ3v) is 5.45. The van der Waals surface area contributed by atoms with Gasteiger partial charge in [-0.15, -0.1) is 0 Å². The monoisotopic (exact) mass is 374 g/mol. The van der Waals surface area contributed by atoms with Crippen molar-refractivity contribution in [2.45, 2.75) is 98.6 Å². The minimum atomic E-state index is 0.269. The highest BCUT2D eigenvalue weighted by Gasteiger charge is 2.27. The summed E-state index contributed by atoms with van der Waals surface area (Å²) in [6.45, 7) is 16.6. The van der Waals surface area contributed by atoms with Gasteiger partial charge in [-0.2, -0.15) is 0 Å². The summed E-state index contributed by atoms with van der Waals surface area (Å²) in [5.74, 6) is 0.803. The molecule has 0 amide bonds. The van der Waals surface area contributed by atoms with Gasteiger partial charge in [0.1, 0.15) is 6.10 Å². The van der Waals surface area contributed by atoms with Crippen LogP contribution in [0.4, 0.5) is 0 Å². The fourth-order valence-electron chi connectivity index (χ4n) is 4.03. The molecular weight excluding hydrogens is 332 g/mol. The van der Waals surface area contributed by atoms with Gasteiger partial charge < -0.3 is 9.64 Å². The first-order valence-electron chi connectivity index (χ1n) is 10.7. The fraction of sp³-hybridized carbons (Fsp3) is 0.708. The van der Waals surface area contributed by atoms with Crippen LogP contribution in [0, 0.1) is 0 Å². The van der Waals surface area contributed by atoms with E-state index in [4.69, 9.17) is 9.73 Å². The number of hydrogen-bond donors (Lipinski definition) is 0. The van der Waals surface area contributed by atoms with Crippen molar-refractivity contribution < 1.29 is 4.74 Å². The highest BCUT2D eigenvalue weighted by atomic mass is 16.5. The molecule has 0 unspecified atom stereocenters. The van der Waals surface area contributed by atoms with Crippen LogP contribution in [-0.2, 0) is 4.74 Å². The van der Waals surface area contributed by atoms with E-state index >= 15 is 0 Å². The predicted molar refractivity (Wildman–Crippen MR) is 119 cm³/mol. The number of ether oxygens (including phenoxy) is 1. The molecule has 1 saturated carbocycles. The maximum Gasteiger partial charge on any atom is 0.221 e. The van der Waals surface area contributed by atoms with E-state index in [1.165, 1.54) is 48.0 Å². The van der Waals surface area contributed by atoms with Crippen molar-refractivity contribution in [3.8, 4) is 0 Å². The van der Waals surface area contributed by atoms with Crippen LogP contribution in [0.2, 0.25) is 0 Å². The first-order chi connectivity index (χ1) is 12.8. The lowest BCUT2D eigenvalue weighted by Gasteiger charge is -2.33. The zero-order chi connectivity index (χ0) is 20.6. The lowest BCUT2D eigenvalue weighted by atomic mass is 9.92. The van der Waals surface area contributed by atoms with Gasteiger partial charge in [0, 0.05) is 17.3 Å². The minimum Gasteiger partial charge on any atom is -0.474 e. The zero-order valence-corrected chi connectivity index (χ0v) is 19.1. The topological polar surface area (TPSA) is 24.8 Å². The van der Waals surface area contributed by atoms with Crippen LogP contribution in [-0.4, -0.2) is 37.0 Å². The smallest absolute Gasteiger partial charge is 0.221 e. The Hall–Kier alpha value is -1.35. The number of rotatable bonds is 5. The third-order valence-electron chi connectivity index (χ3n) is 5.45. The normalized spacial score (nSPS) is 23.1. The summed E-state index contributed by atoms with van der Waals surface area (Å²) in [6.07, 6.45) is 8.45. The standard InChI is InChI=1S/C22H36N2O.C2H6/c1-15(2)21(20-10-8-9-17(20)5)22(23-16(3)4)25-19-13-11-18(12-14-19)24(6)7;1-2/h18-19H,3,8-14H2,1-2,4-7H3;1-2H3. The second kappa shape index (κ2) is 11.5. The van der Waals surface area contributed by atoms with E-state index in [9.17, 15) is 0 Å². The van der Waals surface area contributed by atoms with Crippen molar-refractivity contribution in [2.75, 3.05) is 14.1 Å². The molecule has 0 aromatic heterocycles. The summed E-state index contributed by atoms with van der Waals surface area (Å²) in [7, 11) is 4.35. The molecule has 0 N–H and O–H groups in total. The highest BCUT2D eigenvalue weighted by Crippen LogP contribution is 2.35. The van der Waals surface area contributed by atoms with Crippen molar-refractivity contribution in [2.24, 2.45) is 4.99 Å². The molecule has 0 aromatic carbocycles. The molecule has 2 aliphatic rings. The van der Waals surface area contributed by atoms with Gasteiger partial charge in [-0.05, 0) is 92.3 Å². The van der Waals surface area contributed by atoms with E-state index in [1.807, 2.05) is 20.8 Å². The van der Waals surface area contributed by atoms with E-state index in [-0.39, 0.29) is 6.10 Å². The lowest BCUT2D eigenvalue weighted by Crippen LogP contribution is -2.35. The molecule has 2 aliphatic carbocycles. The van der Waals surface area contributed by atoms with Crippen LogP contribution in [0.25, 0.3) is 0 Å². The molecule has 2 rings (SSSR count). The van der Waals surface area contributed by atoms with Gasteiger partial charge in [0.2, 0.25) is 5.90 Å². The van der Waals surface area contributed by atoms with Gasteiger partial charge in [-0.1, -0.05) is 31.6 Å². The van der Waals surface area contributed by atoms with Gasteiger partial charge >= 0.3 is 0 Å². The summed E-state index contributed by atoms with van der Waals surface area (Å²) in [6, 6.07) is 0.684.